The molecule has 5 rings (SSSR count). The van der Waals surface area contributed by atoms with Gasteiger partial charge in [-0.1, -0.05) is 29.0 Å². The lowest BCUT2D eigenvalue weighted by Gasteiger charge is -2.32. The van der Waals surface area contributed by atoms with E-state index in [1.165, 1.54) is 21.7 Å². The van der Waals surface area contributed by atoms with Crippen LogP contribution in [0, 0.1) is 5.92 Å². The number of anilines is 1. The van der Waals surface area contributed by atoms with Crippen molar-refractivity contribution in [1.29, 1.82) is 0 Å². The molecule has 12 heteroatoms. The van der Waals surface area contributed by atoms with Gasteiger partial charge in [-0.05, 0) is 54.8 Å². The first-order chi connectivity index (χ1) is 17.3. The number of ether oxygens (including phenoxy) is 1. The predicted octanol–water partition coefficient (Wildman–Crippen LogP) is 5.05. The second-order valence-electron chi connectivity index (χ2n) is 8.35. The maximum absolute atomic E-state index is 13.8. The molecule has 1 aliphatic heterocycles. The zero-order valence-corrected chi connectivity index (χ0v) is 22.5. The number of aromatic nitrogens is 2. The number of amides is 1. The van der Waals surface area contributed by atoms with Crippen molar-refractivity contribution in [3.63, 3.8) is 0 Å². The molecule has 0 radical (unpaired) electrons. The molecule has 4 heterocycles. The molecule has 0 spiro atoms. The van der Waals surface area contributed by atoms with E-state index in [2.05, 4.69) is 4.98 Å². The Balaban J connectivity index is 1.38. The first-order valence-corrected chi connectivity index (χ1v) is 14.7. The zero-order valence-electron chi connectivity index (χ0n) is 19.3. The Morgan fingerprint density at radius 2 is 2.00 bits per heavy atom. The van der Waals surface area contributed by atoms with Crippen molar-refractivity contribution in [2.24, 2.45) is 5.92 Å². The Bertz CT molecular complexity index is 1480. The van der Waals surface area contributed by atoms with E-state index in [-0.39, 0.29) is 29.1 Å². The van der Waals surface area contributed by atoms with Gasteiger partial charge in [0.1, 0.15) is 9.96 Å². The third-order valence-corrected chi connectivity index (χ3v) is 10.7. The number of nitrogens with zero attached hydrogens (tertiary/aromatic N) is 4. The van der Waals surface area contributed by atoms with Crippen LogP contribution in [0.25, 0.3) is 10.2 Å². The van der Waals surface area contributed by atoms with Crippen LogP contribution < -0.4 is 9.64 Å². The van der Waals surface area contributed by atoms with Crippen molar-refractivity contribution >= 4 is 65.6 Å². The molecule has 1 aliphatic rings. The maximum Gasteiger partial charge on any atom is 0.252 e. The number of benzene rings is 1. The van der Waals surface area contributed by atoms with Crippen LogP contribution in [-0.4, -0.2) is 48.8 Å². The summed E-state index contributed by atoms with van der Waals surface area (Å²) in [5.41, 5.74) is 1.67. The summed E-state index contributed by atoms with van der Waals surface area (Å²) in [6.07, 6.45) is 4.29. The fourth-order valence-corrected chi connectivity index (χ4v) is 8.28. The number of piperidine rings is 1. The maximum atomic E-state index is 13.8. The normalized spacial score (nSPS) is 15.3. The van der Waals surface area contributed by atoms with Crippen molar-refractivity contribution < 1.29 is 17.9 Å². The second kappa shape index (κ2) is 10.4. The number of methoxy groups -OCH3 is 1. The van der Waals surface area contributed by atoms with Crippen LogP contribution in [0.4, 0.5) is 5.13 Å². The van der Waals surface area contributed by atoms with Crippen molar-refractivity contribution in [3.8, 4) is 5.75 Å². The van der Waals surface area contributed by atoms with E-state index >= 15 is 0 Å². The molecule has 0 bridgehead atoms. The number of thiophene rings is 1. The highest BCUT2D eigenvalue weighted by Gasteiger charge is 2.35. The van der Waals surface area contributed by atoms with Crippen molar-refractivity contribution in [2.45, 2.75) is 23.6 Å². The number of thiazole rings is 1. The fourth-order valence-electron chi connectivity index (χ4n) is 4.18. The summed E-state index contributed by atoms with van der Waals surface area (Å²) in [7, 11) is -2.01. The van der Waals surface area contributed by atoms with E-state index in [0.717, 1.165) is 32.9 Å². The molecule has 1 amide bonds. The molecule has 4 aromatic rings. The van der Waals surface area contributed by atoms with E-state index in [9.17, 15) is 13.2 Å². The SMILES string of the molecule is COc1ccc2nc(N(Cc3cccnc3)C(=O)C3CCN(S(=O)(=O)c4ccc(Cl)s4)CC3)sc2c1. The molecule has 1 fully saturated rings. The Kier molecular flexibility index (Phi) is 7.27. The third-order valence-electron chi connectivity index (χ3n) is 6.09. The van der Waals surface area contributed by atoms with E-state index in [1.54, 1.807) is 30.5 Å². The van der Waals surface area contributed by atoms with Gasteiger partial charge in [-0.3, -0.25) is 14.7 Å². The van der Waals surface area contributed by atoms with Gasteiger partial charge < -0.3 is 4.74 Å². The molecule has 3 aromatic heterocycles. The molecule has 1 saturated heterocycles. The Morgan fingerprint density at radius 1 is 1.19 bits per heavy atom. The van der Waals surface area contributed by atoms with Crippen LogP contribution in [-0.2, 0) is 21.4 Å². The minimum absolute atomic E-state index is 0.0684. The number of halogens is 1. The van der Waals surface area contributed by atoms with Crippen molar-refractivity contribution in [1.82, 2.24) is 14.3 Å². The smallest absolute Gasteiger partial charge is 0.252 e. The molecular weight excluding hydrogens is 540 g/mol. The fraction of sp³-hybridized carbons (Fsp3) is 0.292. The van der Waals surface area contributed by atoms with E-state index < -0.39 is 10.0 Å². The molecular formula is C24H23ClN4O4S3. The quantitative estimate of drug-likeness (QED) is 0.313. The van der Waals surface area contributed by atoms with Gasteiger partial charge in [-0.25, -0.2) is 13.4 Å². The Hall–Kier alpha value is -2.57. The van der Waals surface area contributed by atoms with Crippen LogP contribution in [0.3, 0.4) is 0 Å². The highest BCUT2D eigenvalue weighted by molar-refractivity contribution is 7.91. The summed E-state index contributed by atoms with van der Waals surface area (Å²) in [5.74, 6) is 0.339. The van der Waals surface area contributed by atoms with Gasteiger partial charge in [0, 0.05) is 31.4 Å². The lowest BCUT2D eigenvalue weighted by molar-refractivity contribution is -0.123. The minimum Gasteiger partial charge on any atom is -0.497 e. The minimum atomic E-state index is -3.62. The summed E-state index contributed by atoms with van der Waals surface area (Å²) in [6.45, 7) is 0.869. The van der Waals surface area contributed by atoms with Gasteiger partial charge in [-0.15, -0.1) is 11.3 Å². The number of fused-ring (bicyclic) bond motifs is 1. The molecule has 0 unspecified atom stereocenters. The number of rotatable bonds is 7. The lowest BCUT2D eigenvalue weighted by atomic mass is 9.96. The van der Waals surface area contributed by atoms with Crippen molar-refractivity contribution in [2.75, 3.05) is 25.1 Å². The summed E-state index contributed by atoms with van der Waals surface area (Å²) >= 11 is 8.41. The molecule has 188 valence electrons. The van der Waals surface area contributed by atoms with Gasteiger partial charge in [0.15, 0.2) is 5.13 Å². The largest absolute Gasteiger partial charge is 0.497 e. The average molecular weight is 563 g/mol. The monoisotopic (exact) mass is 562 g/mol. The van der Waals surface area contributed by atoms with E-state index in [4.69, 9.17) is 21.3 Å². The lowest BCUT2D eigenvalue weighted by Crippen LogP contribution is -2.44. The number of carbonyl (C=O) groups is 1. The van der Waals surface area contributed by atoms with E-state index in [1.807, 2.05) is 30.3 Å². The first kappa shape index (κ1) is 25.1. The zero-order chi connectivity index (χ0) is 25.3. The average Bonchev–Trinajstić information content (AvgIpc) is 3.53. The predicted molar refractivity (Wildman–Crippen MR) is 142 cm³/mol. The molecule has 8 nitrogen and oxygen atoms in total. The van der Waals surface area contributed by atoms with Gasteiger partial charge in [0.05, 0.1) is 28.2 Å². The van der Waals surface area contributed by atoms with Crippen LogP contribution in [0.15, 0.2) is 59.1 Å². The standard InChI is InChI=1S/C24H23ClN4O4S3/c1-33-18-4-5-19-20(13-18)34-24(27-19)29(15-16-3-2-10-26-14-16)23(30)17-8-11-28(12-9-17)36(31,32)22-7-6-21(25)35-22/h2-7,10,13-14,17H,8-9,11-12,15H2,1H3. The number of carbonyl (C=O) groups excluding carboxylic acids is 1. The van der Waals surface area contributed by atoms with Gasteiger partial charge in [-0.2, -0.15) is 4.31 Å². The summed E-state index contributed by atoms with van der Waals surface area (Å²) < 4.78 is 34.3. The number of pyridine rings is 1. The third kappa shape index (κ3) is 5.12. The summed E-state index contributed by atoms with van der Waals surface area (Å²) in [4.78, 5) is 24.4. The Labute approximate surface area is 222 Å². The van der Waals surface area contributed by atoms with Gasteiger partial charge >= 0.3 is 0 Å². The molecule has 0 saturated carbocycles. The number of sulfonamides is 1. The first-order valence-electron chi connectivity index (χ1n) is 11.3. The molecule has 36 heavy (non-hydrogen) atoms. The number of hydrogen-bond acceptors (Lipinski definition) is 8. The Morgan fingerprint density at radius 3 is 2.67 bits per heavy atom. The van der Waals surface area contributed by atoms with Crippen molar-refractivity contribution in [3.05, 3.63) is 64.8 Å². The summed E-state index contributed by atoms with van der Waals surface area (Å²) in [6, 6.07) is 12.5. The topological polar surface area (TPSA) is 92.7 Å². The molecule has 0 atom stereocenters. The highest BCUT2D eigenvalue weighted by Crippen LogP contribution is 2.35. The van der Waals surface area contributed by atoms with Crippen LogP contribution in [0.1, 0.15) is 18.4 Å². The second-order valence-corrected chi connectivity index (χ2v) is 13.2. The van der Waals surface area contributed by atoms with Gasteiger partial charge in [0.25, 0.3) is 10.0 Å². The van der Waals surface area contributed by atoms with Crippen LogP contribution >= 0.6 is 34.3 Å². The molecule has 1 aromatic carbocycles. The van der Waals surface area contributed by atoms with Gasteiger partial charge in [0.2, 0.25) is 5.91 Å². The summed E-state index contributed by atoms with van der Waals surface area (Å²) in [5, 5.41) is 0.593. The number of hydrogen-bond donors (Lipinski definition) is 0. The van der Waals surface area contributed by atoms with Crippen LogP contribution in [0.2, 0.25) is 4.34 Å². The molecule has 0 aliphatic carbocycles. The van der Waals surface area contributed by atoms with E-state index in [0.29, 0.717) is 28.9 Å². The highest BCUT2D eigenvalue weighted by atomic mass is 35.5. The van der Waals surface area contributed by atoms with Crippen LogP contribution in [0.5, 0.6) is 5.75 Å². The molecule has 0 N–H and O–H groups in total.